The Bertz CT molecular complexity index is 1510. The summed E-state index contributed by atoms with van der Waals surface area (Å²) in [5, 5.41) is 7.57. The van der Waals surface area contributed by atoms with Gasteiger partial charge in [0.15, 0.2) is 0 Å². The van der Waals surface area contributed by atoms with Crippen LogP contribution in [0.5, 0.6) is 5.75 Å². The lowest BCUT2D eigenvalue weighted by Gasteiger charge is -2.25. The Morgan fingerprint density at radius 3 is 2.05 bits per heavy atom. The number of likely N-dealkylation sites (tertiary alicyclic amines) is 1. The summed E-state index contributed by atoms with van der Waals surface area (Å²) in [6, 6.07) is 35.0. The van der Waals surface area contributed by atoms with Gasteiger partial charge in [0, 0.05) is 12.1 Å². The minimum atomic E-state index is -0.422. The molecule has 1 heterocycles. The molecule has 1 saturated heterocycles. The Balaban J connectivity index is 0.00000442. The van der Waals surface area contributed by atoms with Gasteiger partial charge in [0.25, 0.3) is 0 Å². The molecule has 0 bridgehead atoms. The molecule has 8 heteroatoms. The highest BCUT2D eigenvalue weighted by atomic mass is 35.5. The standard InChI is InChI=1S/C36H37N3O4.ClH/c37-35(38)30-15-13-28(14-16-30)29-17-19-33(20-18-29)42-25-32-22-31(23-34(40)43-24-27-10-5-2-6-11-27)36(41)39(32)21-7-12-26-8-3-1-4-9-26;/h1-6,8-11,13-20,31-32H,7,12,21-25H2,(H3,37,38);1H/t31-,32-;/m0./s1. The van der Waals surface area contributed by atoms with Crippen LogP contribution in [0.1, 0.15) is 36.0 Å². The lowest BCUT2D eigenvalue weighted by molar-refractivity contribution is -0.148. The van der Waals surface area contributed by atoms with Crippen LogP contribution in [0.25, 0.3) is 11.1 Å². The van der Waals surface area contributed by atoms with Crippen LogP contribution in [0.4, 0.5) is 0 Å². The van der Waals surface area contributed by atoms with Crippen LogP contribution in [0, 0.1) is 11.3 Å². The van der Waals surface area contributed by atoms with Crippen LogP contribution in [0.3, 0.4) is 0 Å². The van der Waals surface area contributed by atoms with Crippen molar-refractivity contribution in [2.75, 3.05) is 13.2 Å². The van der Waals surface area contributed by atoms with E-state index in [1.165, 1.54) is 5.56 Å². The monoisotopic (exact) mass is 611 g/mol. The maximum atomic E-state index is 13.5. The molecule has 3 N–H and O–H groups in total. The van der Waals surface area contributed by atoms with E-state index < -0.39 is 5.92 Å². The van der Waals surface area contributed by atoms with Crippen molar-refractivity contribution in [3.05, 3.63) is 126 Å². The van der Waals surface area contributed by atoms with Crippen molar-refractivity contribution >= 4 is 30.1 Å². The third kappa shape index (κ3) is 8.71. The number of nitrogens with zero attached hydrogens (tertiary/aromatic N) is 1. The summed E-state index contributed by atoms with van der Waals surface area (Å²) in [6.07, 6.45) is 2.31. The first-order valence-electron chi connectivity index (χ1n) is 14.7. The number of halogens is 1. The van der Waals surface area contributed by atoms with Gasteiger partial charge in [-0.2, -0.15) is 0 Å². The number of hydrogen-bond donors (Lipinski definition) is 2. The molecule has 1 amide bonds. The van der Waals surface area contributed by atoms with E-state index in [-0.39, 0.29) is 49.2 Å². The van der Waals surface area contributed by atoms with Crippen molar-refractivity contribution in [2.45, 2.75) is 38.3 Å². The van der Waals surface area contributed by atoms with Crippen LogP contribution in [-0.2, 0) is 27.4 Å². The lowest BCUT2D eigenvalue weighted by Crippen LogP contribution is -2.38. The average Bonchev–Trinajstić information content (AvgIpc) is 3.33. The number of carbonyl (C=O) groups excluding carboxylic acids is 2. The van der Waals surface area contributed by atoms with Gasteiger partial charge in [0.1, 0.15) is 24.8 Å². The first kappa shape index (κ1) is 32.3. The molecule has 1 aliphatic rings. The zero-order valence-electron chi connectivity index (χ0n) is 24.6. The maximum absolute atomic E-state index is 13.5. The number of ether oxygens (including phenoxy) is 2. The van der Waals surface area contributed by atoms with Crippen LogP contribution in [-0.4, -0.2) is 41.8 Å². The number of amidine groups is 1. The minimum absolute atomic E-state index is 0. The number of nitrogens with one attached hydrogen (secondary N) is 1. The number of rotatable bonds is 13. The Labute approximate surface area is 264 Å². The van der Waals surface area contributed by atoms with E-state index in [1.807, 2.05) is 102 Å². The van der Waals surface area contributed by atoms with Gasteiger partial charge in [-0.25, -0.2) is 0 Å². The molecule has 1 fully saturated rings. The molecule has 1 aliphatic heterocycles. The molecule has 4 aromatic rings. The van der Waals surface area contributed by atoms with E-state index in [2.05, 4.69) is 12.1 Å². The topological polar surface area (TPSA) is 106 Å². The van der Waals surface area contributed by atoms with Crippen molar-refractivity contribution in [2.24, 2.45) is 11.7 Å². The normalized spacial score (nSPS) is 15.8. The number of amides is 1. The molecule has 0 aliphatic carbocycles. The van der Waals surface area contributed by atoms with Crippen molar-refractivity contribution in [3.8, 4) is 16.9 Å². The second-order valence-electron chi connectivity index (χ2n) is 10.9. The zero-order chi connectivity index (χ0) is 30.0. The molecule has 0 spiro atoms. The first-order valence-corrected chi connectivity index (χ1v) is 14.7. The number of nitrogens with two attached hydrogens (primary N) is 1. The summed E-state index contributed by atoms with van der Waals surface area (Å²) in [5.74, 6) is -0.0378. The summed E-state index contributed by atoms with van der Waals surface area (Å²) >= 11 is 0. The number of esters is 1. The Morgan fingerprint density at radius 2 is 1.43 bits per heavy atom. The Hall–Kier alpha value is -4.62. The Morgan fingerprint density at radius 1 is 0.841 bits per heavy atom. The van der Waals surface area contributed by atoms with Crippen molar-refractivity contribution in [1.29, 1.82) is 5.41 Å². The Kier molecular flexibility index (Phi) is 11.5. The lowest BCUT2D eigenvalue weighted by atomic mass is 10.0. The fourth-order valence-corrected chi connectivity index (χ4v) is 5.47. The van der Waals surface area contributed by atoms with Gasteiger partial charge in [0.2, 0.25) is 5.91 Å². The van der Waals surface area contributed by atoms with Gasteiger partial charge in [0.05, 0.1) is 18.4 Å². The van der Waals surface area contributed by atoms with Crippen molar-refractivity contribution in [1.82, 2.24) is 4.90 Å². The summed E-state index contributed by atoms with van der Waals surface area (Å²) < 4.78 is 11.7. The van der Waals surface area contributed by atoms with Gasteiger partial charge in [-0.05, 0) is 53.6 Å². The van der Waals surface area contributed by atoms with Crippen molar-refractivity contribution < 1.29 is 19.1 Å². The molecular formula is C36H38ClN3O4. The average molecular weight is 612 g/mol. The molecule has 0 unspecified atom stereocenters. The highest BCUT2D eigenvalue weighted by Crippen LogP contribution is 2.30. The van der Waals surface area contributed by atoms with Gasteiger partial charge in [-0.1, -0.05) is 97.1 Å². The van der Waals surface area contributed by atoms with Crippen LogP contribution in [0.2, 0.25) is 0 Å². The van der Waals surface area contributed by atoms with Crippen LogP contribution >= 0.6 is 12.4 Å². The van der Waals surface area contributed by atoms with E-state index in [4.69, 9.17) is 20.6 Å². The molecule has 0 saturated carbocycles. The smallest absolute Gasteiger partial charge is 0.306 e. The second-order valence-corrected chi connectivity index (χ2v) is 10.9. The minimum Gasteiger partial charge on any atom is -0.491 e. The summed E-state index contributed by atoms with van der Waals surface area (Å²) in [4.78, 5) is 28.0. The van der Waals surface area contributed by atoms with E-state index in [1.54, 1.807) is 0 Å². The molecule has 5 rings (SSSR count). The van der Waals surface area contributed by atoms with Gasteiger partial charge < -0.3 is 20.1 Å². The number of carbonyl (C=O) groups is 2. The first-order chi connectivity index (χ1) is 21.0. The van der Waals surface area contributed by atoms with E-state index in [9.17, 15) is 9.59 Å². The van der Waals surface area contributed by atoms with E-state index in [0.717, 1.165) is 29.5 Å². The fraction of sp³-hybridized carbons (Fsp3) is 0.250. The summed E-state index contributed by atoms with van der Waals surface area (Å²) in [5.41, 5.74) is 10.4. The van der Waals surface area contributed by atoms with Crippen molar-refractivity contribution in [3.63, 3.8) is 0 Å². The molecule has 44 heavy (non-hydrogen) atoms. The van der Waals surface area contributed by atoms with Crippen LogP contribution in [0.15, 0.2) is 109 Å². The molecule has 0 aromatic heterocycles. The van der Waals surface area contributed by atoms with E-state index >= 15 is 0 Å². The second kappa shape index (κ2) is 15.7. The molecule has 4 aromatic carbocycles. The SMILES string of the molecule is Cl.N=C(N)c1ccc(-c2ccc(OC[C@@H]3C[C@@H](CC(=O)OCc4ccccc4)C(=O)N3CCCc3ccccc3)cc2)cc1. The number of hydrogen-bond acceptors (Lipinski definition) is 5. The number of aryl methyl sites for hydroxylation is 1. The molecule has 228 valence electrons. The quantitative estimate of drug-likeness (QED) is 0.103. The number of benzene rings is 4. The molecular weight excluding hydrogens is 574 g/mol. The molecule has 7 nitrogen and oxygen atoms in total. The van der Waals surface area contributed by atoms with Crippen LogP contribution < -0.4 is 10.5 Å². The van der Waals surface area contributed by atoms with E-state index in [0.29, 0.717) is 30.9 Å². The molecule has 0 radical (unpaired) electrons. The predicted molar refractivity (Wildman–Crippen MR) is 175 cm³/mol. The van der Waals surface area contributed by atoms with Gasteiger partial charge >= 0.3 is 5.97 Å². The fourth-order valence-electron chi connectivity index (χ4n) is 5.47. The summed E-state index contributed by atoms with van der Waals surface area (Å²) in [7, 11) is 0. The zero-order valence-corrected chi connectivity index (χ0v) is 25.4. The number of nitrogen functional groups attached to an aromatic ring is 1. The third-order valence-corrected chi connectivity index (χ3v) is 7.82. The predicted octanol–water partition coefficient (Wildman–Crippen LogP) is 6.42. The van der Waals surface area contributed by atoms with Gasteiger partial charge in [-0.15, -0.1) is 12.4 Å². The third-order valence-electron chi connectivity index (χ3n) is 7.82. The largest absolute Gasteiger partial charge is 0.491 e. The molecule has 2 atom stereocenters. The van der Waals surface area contributed by atoms with Gasteiger partial charge in [-0.3, -0.25) is 15.0 Å². The highest BCUT2D eigenvalue weighted by molar-refractivity contribution is 5.95. The summed E-state index contributed by atoms with van der Waals surface area (Å²) in [6.45, 7) is 1.15. The highest BCUT2D eigenvalue weighted by Gasteiger charge is 2.40. The maximum Gasteiger partial charge on any atom is 0.306 e.